The third kappa shape index (κ3) is 4.41. The maximum atomic E-state index is 13.6. The average molecular weight is 549 g/mol. The minimum atomic E-state index is -1.63. The fourth-order valence-corrected chi connectivity index (χ4v) is 7.78. The first kappa shape index (κ1) is 26.0. The lowest BCUT2D eigenvalue weighted by atomic mass is 9.46. The number of hydrogen-bond acceptors (Lipinski definition) is 4. The van der Waals surface area contributed by atoms with E-state index in [1.54, 1.807) is 6.20 Å². The van der Waals surface area contributed by atoms with Gasteiger partial charge < -0.3 is 15.0 Å². The smallest absolute Gasteiger partial charge is 0.255 e. The van der Waals surface area contributed by atoms with Crippen molar-refractivity contribution < 1.29 is 27.6 Å². The van der Waals surface area contributed by atoms with Gasteiger partial charge in [0, 0.05) is 59.7 Å². The van der Waals surface area contributed by atoms with Gasteiger partial charge in [0.1, 0.15) is 5.25 Å². The highest BCUT2D eigenvalue weighted by Gasteiger charge is 2.65. The largest absolute Gasteiger partial charge is 0.611 e. The summed E-state index contributed by atoms with van der Waals surface area (Å²) in [5, 5.41) is 13.8. The van der Waals surface area contributed by atoms with Gasteiger partial charge in [-0.3, -0.25) is 9.78 Å². The Hall–Kier alpha value is -2.59. The molecule has 3 saturated carbocycles. The lowest BCUT2D eigenvalue weighted by molar-refractivity contribution is -0.225. The SMILES string of the molecule is Cc1ccc([C@@]2(O)C3CC([S+]([O-])c4cc(C(=O)Nc5cc(F)c(F)c(F)c5)ccc4Cl)C[C@@H]2[C@H]3C)cn1. The molecule has 10 heteroatoms. The molecule has 37 heavy (non-hydrogen) atoms. The number of aliphatic hydroxyl groups is 1. The Morgan fingerprint density at radius 3 is 2.38 bits per heavy atom. The number of halogens is 4. The quantitative estimate of drug-likeness (QED) is 0.314. The summed E-state index contributed by atoms with van der Waals surface area (Å²) < 4.78 is 53.9. The Morgan fingerprint density at radius 2 is 1.78 bits per heavy atom. The molecule has 6 atom stereocenters. The summed E-state index contributed by atoms with van der Waals surface area (Å²) in [6.07, 6.45) is 2.72. The van der Waals surface area contributed by atoms with Crippen molar-refractivity contribution in [3.63, 3.8) is 0 Å². The zero-order valence-corrected chi connectivity index (χ0v) is 21.5. The van der Waals surface area contributed by atoms with Crippen LogP contribution in [0.5, 0.6) is 0 Å². The number of carbonyl (C=O) groups excluding carboxylic acids is 1. The van der Waals surface area contributed by atoms with Crippen LogP contribution in [0.1, 0.15) is 41.4 Å². The van der Waals surface area contributed by atoms with Crippen LogP contribution in [0.4, 0.5) is 18.9 Å². The Bertz CT molecular complexity index is 1340. The minimum absolute atomic E-state index is 0.0782. The first-order valence-electron chi connectivity index (χ1n) is 11.8. The fraction of sp³-hybridized carbons (Fsp3) is 0.333. The van der Waals surface area contributed by atoms with Crippen LogP contribution in [0.2, 0.25) is 5.02 Å². The van der Waals surface area contributed by atoms with Gasteiger partial charge in [-0.1, -0.05) is 24.6 Å². The molecular formula is C27H24ClF3N2O3S. The normalized spacial score (nSPS) is 27.4. The molecule has 6 rings (SSSR count). The molecule has 194 valence electrons. The van der Waals surface area contributed by atoms with Crippen LogP contribution in [0.15, 0.2) is 53.6 Å². The molecule has 1 heterocycles. The highest BCUT2D eigenvalue weighted by molar-refractivity contribution is 7.92. The van der Waals surface area contributed by atoms with Gasteiger partial charge in [0.05, 0.1) is 10.6 Å². The molecule has 3 aromatic rings. The van der Waals surface area contributed by atoms with Gasteiger partial charge in [0.2, 0.25) is 0 Å². The number of fused-ring (bicyclic) bond motifs is 2. The second-order valence-corrected chi connectivity index (χ2v) is 11.9. The molecule has 5 nitrogen and oxygen atoms in total. The monoisotopic (exact) mass is 548 g/mol. The number of pyridine rings is 1. The van der Waals surface area contributed by atoms with E-state index in [4.69, 9.17) is 11.6 Å². The van der Waals surface area contributed by atoms with Gasteiger partial charge in [-0.05, 0) is 54.1 Å². The second-order valence-electron chi connectivity index (χ2n) is 9.83. The minimum Gasteiger partial charge on any atom is -0.611 e. The number of aryl methyl sites for hydroxylation is 1. The zero-order valence-electron chi connectivity index (χ0n) is 20.0. The Balaban J connectivity index is 1.34. The molecule has 0 spiro atoms. The molecule has 1 aromatic heterocycles. The van der Waals surface area contributed by atoms with Crippen molar-refractivity contribution in [1.29, 1.82) is 0 Å². The standard InChI is InChI=1S/C27H24ClF3N2O3S/c1-13-3-5-16(12-32-13)27(35)19-10-18(11-20(27)14(19)2)37(36)24-7-15(4-6-21(24)28)26(34)33-17-8-22(29)25(31)23(30)9-17/h3-9,12,14,18-20,35H,10-11H2,1-2H3,(H,33,34)/t14-,18?,19-,20?,27+,37?/m1/s1. The summed E-state index contributed by atoms with van der Waals surface area (Å²) in [4.78, 5) is 17.3. The number of aromatic nitrogens is 1. The summed E-state index contributed by atoms with van der Waals surface area (Å²) in [6.45, 7) is 3.97. The van der Waals surface area contributed by atoms with Crippen molar-refractivity contribution in [3.05, 3.63) is 88.0 Å². The topological polar surface area (TPSA) is 85.3 Å². The lowest BCUT2D eigenvalue weighted by Crippen LogP contribution is -2.64. The predicted molar refractivity (Wildman–Crippen MR) is 134 cm³/mol. The van der Waals surface area contributed by atoms with E-state index in [9.17, 15) is 27.6 Å². The van der Waals surface area contributed by atoms with Crippen LogP contribution < -0.4 is 5.32 Å². The van der Waals surface area contributed by atoms with Gasteiger partial charge in [-0.15, -0.1) is 0 Å². The number of nitrogens with one attached hydrogen (secondary N) is 1. The van der Waals surface area contributed by atoms with Crippen molar-refractivity contribution in [2.45, 2.75) is 42.4 Å². The molecule has 0 saturated heterocycles. The van der Waals surface area contributed by atoms with E-state index in [1.807, 2.05) is 19.1 Å². The molecule has 2 aromatic carbocycles. The number of hydrogen-bond donors (Lipinski definition) is 2. The highest BCUT2D eigenvalue weighted by atomic mass is 35.5. The summed E-state index contributed by atoms with van der Waals surface area (Å²) in [6, 6.07) is 9.34. The first-order chi connectivity index (χ1) is 17.5. The summed E-state index contributed by atoms with van der Waals surface area (Å²) in [5.74, 6) is -5.16. The lowest BCUT2D eigenvalue weighted by Gasteiger charge is -2.62. The van der Waals surface area contributed by atoms with Crippen LogP contribution in [0, 0.1) is 42.1 Å². The van der Waals surface area contributed by atoms with E-state index >= 15 is 0 Å². The van der Waals surface area contributed by atoms with Crippen LogP contribution in [0.3, 0.4) is 0 Å². The molecule has 3 aliphatic rings. The number of amides is 1. The maximum absolute atomic E-state index is 13.6. The van der Waals surface area contributed by atoms with E-state index in [2.05, 4.69) is 17.2 Å². The van der Waals surface area contributed by atoms with Crippen molar-refractivity contribution >= 4 is 34.4 Å². The Labute approximate surface area is 220 Å². The Kier molecular flexibility index (Phi) is 6.77. The number of benzene rings is 2. The van der Waals surface area contributed by atoms with Crippen LogP contribution in [-0.2, 0) is 16.8 Å². The van der Waals surface area contributed by atoms with E-state index in [0.717, 1.165) is 11.3 Å². The number of carbonyl (C=O) groups is 1. The average Bonchev–Trinajstić information content (AvgIpc) is 2.88. The highest BCUT2D eigenvalue weighted by Crippen LogP contribution is 2.63. The Morgan fingerprint density at radius 1 is 1.14 bits per heavy atom. The molecule has 0 radical (unpaired) electrons. The molecule has 3 fully saturated rings. The fourth-order valence-electron chi connectivity index (χ4n) is 5.81. The first-order valence-corrected chi connectivity index (χ1v) is 13.4. The number of rotatable bonds is 5. The van der Waals surface area contributed by atoms with E-state index in [1.165, 1.54) is 18.2 Å². The van der Waals surface area contributed by atoms with E-state index in [0.29, 0.717) is 25.0 Å². The van der Waals surface area contributed by atoms with Crippen LogP contribution >= 0.6 is 11.6 Å². The maximum Gasteiger partial charge on any atom is 0.255 e. The third-order valence-corrected chi connectivity index (χ3v) is 9.97. The number of nitrogens with zero attached hydrogens (tertiary/aromatic N) is 1. The zero-order chi connectivity index (χ0) is 26.6. The van der Waals surface area contributed by atoms with Gasteiger partial charge in [0.15, 0.2) is 22.3 Å². The van der Waals surface area contributed by atoms with Gasteiger partial charge in [-0.2, -0.15) is 0 Å². The van der Waals surface area contributed by atoms with Crippen LogP contribution in [-0.4, -0.2) is 25.8 Å². The summed E-state index contributed by atoms with van der Waals surface area (Å²) >= 11 is 4.78. The third-order valence-electron chi connectivity index (χ3n) is 7.76. The predicted octanol–water partition coefficient (Wildman–Crippen LogP) is 5.75. The summed E-state index contributed by atoms with van der Waals surface area (Å²) in [5.41, 5.74) is 0.420. The molecule has 1 amide bonds. The molecule has 2 N–H and O–H groups in total. The van der Waals surface area contributed by atoms with Gasteiger partial charge >= 0.3 is 0 Å². The van der Waals surface area contributed by atoms with E-state index < -0.39 is 40.1 Å². The van der Waals surface area contributed by atoms with Gasteiger partial charge in [-0.25, -0.2) is 13.2 Å². The molecule has 2 bridgehead atoms. The van der Waals surface area contributed by atoms with E-state index in [-0.39, 0.29) is 44.2 Å². The van der Waals surface area contributed by atoms with Crippen molar-refractivity contribution in [2.24, 2.45) is 17.8 Å². The molecule has 0 aliphatic heterocycles. The summed E-state index contributed by atoms with van der Waals surface area (Å²) in [7, 11) is 0. The number of anilines is 1. The van der Waals surface area contributed by atoms with Crippen LogP contribution in [0.25, 0.3) is 0 Å². The van der Waals surface area contributed by atoms with Crippen molar-refractivity contribution in [2.75, 3.05) is 5.32 Å². The van der Waals surface area contributed by atoms with Crippen molar-refractivity contribution in [1.82, 2.24) is 4.98 Å². The van der Waals surface area contributed by atoms with Crippen molar-refractivity contribution in [3.8, 4) is 0 Å². The molecule has 3 aliphatic carbocycles. The van der Waals surface area contributed by atoms with Gasteiger partial charge in [0.25, 0.3) is 5.91 Å². The molecular weight excluding hydrogens is 525 g/mol. The second kappa shape index (κ2) is 9.62. The molecule has 3 unspecified atom stereocenters.